The maximum atomic E-state index is 12.1. The van der Waals surface area contributed by atoms with E-state index in [1.54, 1.807) is 7.11 Å². The lowest BCUT2D eigenvalue weighted by Gasteiger charge is -2.37. The van der Waals surface area contributed by atoms with Gasteiger partial charge in [-0.3, -0.25) is 0 Å². The van der Waals surface area contributed by atoms with Gasteiger partial charge in [-0.1, -0.05) is 12.1 Å². The van der Waals surface area contributed by atoms with Crippen LogP contribution < -0.4 is 19.9 Å². The van der Waals surface area contributed by atoms with Crippen molar-refractivity contribution < 1.29 is 9.53 Å². The fourth-order valence-electron chi connectivity index (χ4n) is 4.31. The van der Waals surface area contributed by atoms with E-state index in [1.807, 2.05) is 17.0 Å². The van der Waals surface area contributed by atoms with E-state index in [-0.39, 0.29) is 18.1 Å². The first kappa shape index (κ1) is 19.4. The lowest BCUT2D eigenvalue weighted by atomic mass is 10.0. The summed E-state index contributed by atoms with van der Waals surface area (Å²) in [6.07, 6.45) is 0. The van der Waals surface area contributed by atoms with Crippen molar-refractivity contribution in [2.75, 3.05) is 49.6 Å². The van der Waals surface area contributed by atoms with E-state index < -0.39 is 0 Å². The Kier molecular flexibility index (Phi) is 5.51. The number of benzene rings is 2. The lowest BCUT2D eigenvalue weighted by molar-refractivity contribution is 0.187. The Balaban J connectivity index is 1.38. The first-order valence-electron chi connectivity index (χ1n) is 10.4. The van der Waals surface area contributed by atoms with Crippen molar-refractivity contribution in [1.29, 1.82) is 0 Å². The van der Waals surface area contributed by atoms with Crippen LogP contribution in [0.4, 0.5) is 16.2 Å². The number of hydrogen-bond donors (Lipinski definition) is 1. The fourth-order valence-corrected chi connectivity index (χ4v) is 4.31. The third-order valence-electron chi connectivity index (χ3n) is 5.93. The Labute approximate surface area is 173 Å². The molecule has 0 spiro atoms. The van der Waals surface area contributed by atoms with Crippen LogP contribution in [0.25, 0.3) is 0 Å². The summed E-state index contributed by atoms with van der Waals surface area (Å²) in [7, 11) is 1.69. The Hall–Kier alpha value is -2.89. The van der Waals surface area contributed by atoms with E-state index in [1.165, 1.54) is 16.9 Å². The van der Waals surface area contributed by atoms with Crippen molar-refractivity contribution in [3.05, 3.63) is 54.1 Å². The molecule has 0 aliphatic carbocycles. The second-order valence-electron chi connectivity index (χ2n) is 7.97. The number of carbonyl (C=O) groups is 1. The number of ether oxygens (including phenoxy) is 1. The molecule has 2 fully saturated rings. The highest BCUT2D eigenvalue weighted by atomic mass is 16.5. The normalized spacial score (nSPS) is 19.7. The molecule has 2 aromatic rings. The molecular weight excluding hydrogens is 364 g/mol. The van der Waals surface area contributed by atoms with E-state index in [0.717, 1.165) is 31.9 Å². The van der Waals surface area contributed by atoms with Crippen LogP contribution in [0.15, 0.2) is 48.5 Å². The molecule has 2 amide bonds. The summed E-state index contributed by atoms with van der Waals surface area (Å²) < 4.78 is 5.25. The highest BCUT2D eigenvalue weighted by Crippen LogP contribution is 2.29. The average molecular weight is 395 g/mol. The summed E-state index contributed by atoms with van der Waals surface area (Å²) in [6.45, 7) is 8.78. The third-order valence-corrected chi connectivity index (χ3v) is 5.93. The zero-order valence-electron chi connectivity index (χ0n) is 17.5. The topological polar surface area (TPSA) is 48.1 Å². The van der Waals surface area contributed by atoms with Crippen molar-refractivity contribution in [1.82, 2.24) is 10.2 Å². The number of anilines is 2. The van der Waals surface area contributed by atoms with Gasteiger partial charge in [0.2, 0.25) is 0 Å². The van der Waals surface area contributed by atoms with Gasteiger partial charge in [0.05, 0.1) is 13.2 Å². The van der Waals surface area contributed by atoms with Gasteiger partial charge in [-0.15, -0.1) is 0 Å². The predicted molar refractivity (Wildman–Crippen MR) is 117 cm³/mol. The van der Waals surface area contributed by atoms with Gasteiger partial charge in [0.25, 0.3) is 0 Å². The standard InChI is InChI=1S/C23H30N4O2/c1-17(2)27-22(16-24-23(27)28)18-4-6-19(7-5-18)25-12-14-26(15-13-25)20-8-10-21(29-3)11-9-20/h4-11,17,22H,12-16H2,1-3H3,(H,24,28). The van der Waals surface area contributed by atoms with E-state index in [9.17, 15) is 4.79 Å². The van der Waals surface area contributed by atoms with Crippen molar-refractivity contribution in [3.8, 4) is 5.75 Å². The highest BCUT2D eigenvalue weighted by molar-refractivity contribution is 5.77. The fraction of sp³-hybridized carbons (Fsp3) is 0.435. The van der Waals surface area contributed by atoms with Crippen LogP contribution in [0.3, 0.4) is 0 Å². The maximum absolute atomic E-state index is 12.1. The van der Waals surface area contributed by atoms with Gasteiger partial charge in [-0.2, -0.15) is 0 Å². The number of amides is 2. The Morgan fingerprint density at radius 3 is 1.90 bits per heavy atom. The first-order valence-corrected chi connectivity index (χ1v) is 10.4. The third kappa shape index (κ3) is 3.97. The van der Waals surface area contributed by atoms with Crippen LogP contribution in [-0.2, 0) is 0 Å². The van der Waals surface area contributed by atoms with E-state index in [2.05, 4.69) is 65.4 Å². The van der Waals surface area contributed by atoms with Gasteiger partial charge >= 0.3 is 6.03 Å². The minimum Gasteiger partial charge on any atom is -0.497 e. The molecule has 1 unspecified atom stereocenters. The minimum absolute atomic E-state index is 0.0312. The van der Waals surface area contributed by atoms with Crippen molar-refractivity contribution in [2.24, 2.45) is 0 Å². The zero-order valence-corrected chi connectivity index (χ0v) is 17.5. The van der Waals surface area contributed by atoms with Gasteiger partial charge in [0.15, 0.2) is 0 Å². The maximum Gasteiger partial charge on any atom is 0.318 e. The molecule has 6 heteroatoms. The number of urea groups is 1. The van der Waals surface area contributed by atoms with Gasteiger partial charge in [-0.25, -0.2) is 4.79 Å². The molecule has 2 aliphatic rings. The van der Waals surface area contributed by atoms with E-state index in [4.69, 9.17) is 4.74 Å². The Morgan fingerprint density at radius 2 is 1.41 bits per heavy atom. The molecule has 2 aromatic carbocycles. The predicted octanol–water partition coefficient (Wildman–Crippen LogP) is 3.50. The van der Waals surface area contributed by atoms with Crippen LogP contribution in [-0.4, -0.2) is 56.8 Å². The molecule has 4 rings (SSSR count). The number of hydrogen-bond acceptors (Lipinski definition) is 4. The van der Waals surface area contributed by atoms with Gasteiger partial charge in [0.1, 0.15) is 5.75 Å². The van der Waals surface area contributed by atoms with E-state index in [0.29, 0.717) is 6.54 Å². The average Bonchev–Trinajstić information content (AvgIpc) is 3.16. The number of methoxy groups -OCH3 is 1. The van der Waals surface area contributed by atoms with Gasteiger partial charge in [-0.05, 0) is 55.8 Å². The van der Waals surface area contributed by atoms with Crippen LogP contribution in [0.2, 0.25) is 0 Å². The Bertz CT molecular complexity index is 827. The zero-order chi connectivity index (χ0) is 20.4. The Morgan fingerprint density at radius 1 is 0.897 bits per heavy atom. The minimum atomic E-state index is 0.0312. The summed E-state index contributed by atoms with van der Waals surface area (Å²) in [5.74, 6) is 0.891. The molecule has 2 heterocycles. The van der Waals surface area contributed by atoms with Crippen LogP contribution in [0.1, 0.15) is 25.5 Å². The van der Waals surface area contributed by atoms with Crippen molar-refractivity contribution >= 4 is 17.4 Å². The summed E-state index contributed by atoms with van der Waals surface area (Å²) >= 11 is 0. The second-order valence-corrected chi connectivity index (χ2v) is 7.97. The molecule has 0 bridgehead atoms. The SMILES string of the molecule is COc1ccc(N2CCN(c3ccc(C4CNC(=O)N4C(C)C)cc3)CC2)cc1. The van der Waals surface area contributed by atoms with Crippen molar-refractivity contribution in [2.45, 2.75) is 25.9 Å². The molecule has 0 aromatic heterocycles. The van der Waals surface area contributed by atoms with E-state index >= 15 is 0 Å². The molecule has 6 nitrogen and oxygen atoms in total. The molecule has 1 N–H and O–H groups in total. The largest absolute Gasteiger partial charge is 0.497 e. The number of carbonyl (C=O) groups excluding carboxylic acids is 1. The van der Waals surface area contributed by atoms with Gasteiger partial charge in [0, 0.05) is 50.1 Å². The number of rotatable bonds is 5. The number of piperazine rings is 1. The van der Waals surface area contributed by atoms with Crippen molar-refractivity contribution in [3.63, 3.8) is 0 Å². The second kappa shape index (κ2) is 8.23. The highest BCUT2D eigenvalue weighted by Gasteiger charge is 2.33. The smallest absolute Gasteiger partial charge is 0.318 e. The molecular formula is C23H30N4O2. The summed E-state index contributed by atoms with van der Waals surface area (Å²) in [4.78, 5) is 18.9. The molecule has 154 valence electrons. The monoisotopic (exact) mass is 394 g/mol. The molecule has 1 atom stereocenters. The lowest BCUT2D eigenvalue weighted by Crippen LogP contribution is -2.46. The quantitative estimate of drug-likeness (QED) is 0.843. The first-order chi connectivity index (χ1) is 14.1. The molecule has 29 heavy (non-hydrogen) atoms. The van der Waals surface area contributed by atoms with Gasteiger partial charge < -0.3 is 24.8 Å². The summed E-state index contributed by atoms with van der Waals surface area (Å²) in [6, 6.07) is 17.4. The van der Waals surface area contributed by atoms with Crippen LogP contribution >= 0.6 is 0 Å². The molecule has 0 radical (unpaired) electrons. The molecule has 2 saturated heterocycles. The number of nitrogens with zero attached hydrogens (tertiary/aromatic N) is 3. The summed E-state index contributed by atoms with van der Waals surface area (Å²) in [5, 5.41) is 2.97. The van der Waals surface area contributed by atoms with Crippen LogP contribution in [0, 0.1) is 0 Å². The van der Waals surface area contributed by atoms with Crippen LogP contribution in [0.5, 0.6) is 5.75 Å². The summed E-state index contributed by atoms with van der Waals surface area (Å²) in [5.41, 5.74) is 3.68. The molecule has 0 saturated carbocycles. The molecule has 2 aliphatic heterocycles. The number of nitrogens with one attached hydrogen (secondary N) is 1.